The van der Waals surface area contributed by atoms with Crippen molar-refractivity contribution in [2.24, 2.45) is 0 Å². The van der Waals surface area contributed by atoms with E-state index in [1.807, 2.05) is 38.5 Å². The first-order valence-electron chi connectivity index (χ1n) is 6.81. The molecule has 1 N–H and O–H groups in total. The van der Waals surface area contributed by atoms with Crippen LogP contribution >= 0.6 is 0 Å². The molecule has 20 heavy (non-hydrogen) atoms. The molecule has 0 amide bonds. The third-order valence-corrected chi connectivity index (χ3v) is 3.11. The topological polar surface area (TPSA) is 53.9 Å². The van der Waals surface area contributed by atoms with Gasteiger partial charge in [-0.05, 0) is 38.5 Å². The number of hydrogen-bond acceptors (Lipinski definition) is 5. The zero-order chi connectivity index (χ0) is 14.5. The van der Waals surface area contributed by atoms with Crippen molar-refractivity contribution < 1.29 is 0 Å². The Hall–Kier alpha value is -2.17. The van der Waals surface area contributed by atoms with Crippen LogP contribution in [0.4, 0.5) is 11.6 Å². The lowest BCUT2D eigenvalue weighted by atomic mass is 10.2. The van der Waals surface area contributed by atoms with Crippen LogP contribution in [-0.4, -0.2) is 28.5 Å². The van der Waals surface area contributed by atoms with Gasteiger partial charge in [0.25, 0.3) is 0 Å². The Morgan fingerprint density at radius 1 is 1.15 bits per heavy atom. The van der Waals surface area contributed by atoms with Crippen molar-refractivity contribution in [2.45, 2.75) is 27.3 Å². The summed E-state index contributed by atoms with van der Waals surface area (Å²) in [6.07, 6.45) is 3.62. The fourth-order valence-electron chi connectivity index (χ4n) is 2.16. The molecule has 5 nitrogen and oxygen atoms in total. The number of pyridine rings is 1. The Morgan fingerprint density at radius 3 is 2.50 bits per heavy atom. The van der Waals surface area contributed by atoms with E-state index >= 15 is 0 Å². The Kier molecular flexibility index (Phi) is 4.50. The van der Waals surface area contributed by atoms with Gasteiger partial charge in [-0.3, -0.25) is 4.98 Å². The van der Waals surface area contributed by atoms with Crippen molar-refractivity contribution in [3.8, 4) is 0 Å². The van der Waals surface area contributed by atoms with Gasteiger partial charge in [0, 0.05) is 38.1 Å². The molecule has 2 rings (SSSR count). The summed E-state index contributed by atoms with van der Waals surface area (Å²) in [7, 11) is 2.05. The average Bonchev–Trinajstić information content (AvgIpc) is 2.43. The molecule has 0 saturated heterocycles. The summed E-state index contributed by atoms with van der Waals surface area (Å²) < 4.78 is 0. The van der Waals surface area contributed by atoms with Crippen LogP contribution in [0.2, 0.25) is 0 Å². The molecule has 106 valence electrons. The van der Waals surface area contributed by atoms with Gasteiger partial charge in [0.1, 0.15) is 17.5 Å². The highest BCUT2D eigenvalue weighted by atomic mass is 15.2. The SMILES string of the molecule is CCNc1nc(C)nc(N(C)Cc2ccncc2)c1C. The maximum absolute atomic E-state index is 4.57. The van der Waals surface area contributed by atoms with Gasteiger partial charge < -0.3 is 10.2 Å². The monoisotopic (exact) mass is 271 g/mol. The molecule has 5 heteroatoms. The molecule has 2 aromatic heterocycles. The van der Waals surface area contributed by atoms with Crippen LogP contribution in [0.1, 0.15) is 23.9 Å². The normalized spacial score (nSPS) is 10.4. The van der Waals surface area contributed by atoms with E-state index in [1.165, 1.54) is 5.56 Å². The summed E-state index contributed by atoms with van der Waals surface area (Å²) in [5.74, 6) is 2.66. The van der Waals surface area contributed by atoms with Gasteiger partial charge in [0.05, 0.1) is 0 Å². The molecule has 0 aliphatic carbocycles. The van der Waals surface area contributed by atoms with Crippen LogP contribution in [0, 0.1) is 13.8 Å². The minimum atomic E-state index is 0.781. The van der Waals surface area contributed by atoms with E-state index in [1.54, 1.807) is 0 Å². The largest absolute Gasteiger partial charge is 0.370 e. The minimum Gasteiger partial charge on any atom is -0.370 e. The van der Waals surface area contributed by atoms with Gasteiger partial charge in [0.15, 0.2) is 0 Å². The molecule has 0 aromatic carbocycles. The van der Waals surface area contributed by atoms with Gasteiger partial charge in [-0.2, -0.15) is 0 Å². The molecule has 0 saturated carbocycles. The van der Waals surface area contributed by atoms with E-state index < -0.39 is 0 Å². The molecule has 2 heterocycles. The second-order valence-electron chi connectivity index (χ2n) is 4.81. The predicted octanol–water partition coefficient (Wildman–Crippen LogP) is 2.56. The lowest BCUT2D eigenvalue weighted by molar-refractivity contribution is 0.867. The number of hydrogen-bond donors (Lipinski definition) is 1. The highest BCUT2D eigenvalue weighted by Crippen LogP contribution is 2.23. The number of anilines is 2. The Balaban J connectivity index is 2.27. The van der Waals surface area contributed by atoms with Crippen molar-refractivity contribution in [3.63, 3.8) is 0 Å². The van der Waals surface area contributed by atoms with Crippen molar-refractivity contribution >= 4 is 11.6 Å². The highest BCUT2D eigenvalue weighted by molar-refractivity contribution is 5.58. The van der Waals surface area contributed by atoms with E-state index in [4.69, 9.17) is 0 Å². The molecule has 0 fully saturated rings. The van der Waals surface area contributed by atoms with Gasteiger partial charge in [-0.15, -0.1) is 0 Å². The van der Waals surface area contributed by atoms with Crippen molar-refractivity contribution in [1.29, 1.82) is 0 Å². The lowest BCUT2D eigenvalue weighted by Crippen LogP contribution is -2.20. The van der Waals surface area contributed by atoms with Crippen LogP contribution in [0.3, 0.4) is 0 Å². The van der Waals surface area contributed by atoms with Crippen LogP contribution in [0.5, 0.6) is 0 Å². The summed E-state index contributed by atoms with van der Waals surface area (Å²) in [5, 5.41) is 3.29. The highest BCUT2D eigenvalue weighted by Gasteiger charge is 2.12. The fraction of sp³-hybridized carbons (Fsp3) is 0.400. The zero-order valence-electron chi connectivity index (χ0n) is 12.5. The van der Waals surface area contributed by atoms with Crippen molar-refractivity contribution in [3.05, 3.63) is 41.5 Å². The second-order valence-corrected chi connectivity index (χ2v) is 4.81. The summed E-state index contributed by atoms with van der Waals surface area (Å²) in [6.45, 7) is 7.69. The second kappa shape index (κ2) is 6.32. The first kappa shape index (κ1) is 14.2. The predicted molar refractivity (Wildman–Crippen MR) is 82.0 cm³/mol. The van der Waals surface area contributed by atoms with E-state index in [0.29, 0.717) is 0 Å². The van der Waals surface area contributed by atoms with Gasteiger partial charge in [-0.1, -0.05) is 0 Å². The number of aromatic nitrogens is 3. The molecule has 2 aromatic rings. The third kappa shape index (κ3) is 3.23. The number of rotatable bonds is 5. The standard InChI is InChI=1S/C15H21N5/c1-5-17-14-11(2)15(19-12(3)18-14)20(4)10-13-6-8-16-9-7-13/h6-9H,5,10H2,1-4H3,(H,17,18,19). The number of nitrogens with one attached hydrogen (secondary N) is 1. The van der Waals surface area contributed by atoms with Crippen molar-refractivity contribution in [2.75, 3.05) is 23.8 Å². The number of aryl methyl sites for hydroxylation is 1. The molecule has 0 unspecified atom stereocenters. The Morgan fingerprint density at radius 2 is 1.85 bits per heavy atom. The maximum atomic E-state index is 4.57. The van der Waals surface area contributed by atoms with Gasteiger partial charge >= 0.3 is 0 Å². The van der Waals surface area contributed by atoms with E-state index in [9.17, 15) is 0 Å². The summed E-state index contributed by atoms with van der Waals surface area (Å²) in [6, 6.07) is 4.04. The molecule has 0 aliphatic heterocycles. The third-order valence-electron chi connectivity index (χ3n) is 3.11. The summed E-state index contributed by atoms with van der Waals surface area (Å²) >= 11 is 0. The quantitative estimate of drug-likeness (QED) is 0.905. The van der Waals surface area contributed by atoms with Gasteiger partial charge in [0.2, 0.25) is 0 Å². The van der Waals surface area contributed by atoms with Gasteiger partial charge in [-0.25, -0.2) is 9.97 Å². The first-order chi connectivity index (χ1) is 9.61. The zero-order valence-corrected chi connectivity index (χ0v) is 12.5. The van der Waals surface area contributed by atoms with E-state index in [-0.39, 0.29) is 0 Å². The maximum Gasteiger partial charge on any atom is 0.137 e. The van der Waals surface area contributed by atoms with E-state index in [2.05, 4.69) is 39.0 Å². The number of nitrogens with zero attached hydrogens (tertiary/aromatic N) is 4. The minimum absolute atomic E-state index is 0.781. The fourth-order valence-corrected chi connectivity index (χ4v) is 2.16. The van der Waals surface area contributed by atoms with Crippen LogP contribution < -0.4 is 10.2 Å². The summed E-state index contributed by atoms with van der Waals surface area (Å²) in [4.78, 5) is 15.2. The molecule has 0 bridgehead atoms. The van der Waals surface area contributed by atoms with E-state index in [0.717, 1.165) is 36.1 Å². The lowest BCUT2D eigenvalue weighted by Gasteiger charge is -2.22. The Labute approximate surface area is 120 Å². The molecular formula is C15H21N5. The molecular weight excluding hydrogens is 250 g/mol. The molecule has 0 radical (unpaired) electrons. The van der Waals surface area contributed by atoms with Crippen LogP contribution in [0.15, 0.2) is 24.5 Å². The molecule has 0 aliphatic rings. The molecule has 0 spiro atoms. The van der Waals surface area contributed by atoms with Crippen LogP contribution in [-0.2, 0) is 6.54 Å². The smallest absolute Gasteiger partial charge is 0.137 e. The Bertz CT molecular complexity index is 568. The summed E-state index contributed by atoms with van der Waals surface area (Å²) in [5.41, 5.74) is 2.29. The van der Waals surface area contributed by atoms with Crippen molar-refractivity contribution in [1.82, 2.24) is 15.0 Å². The molecule has 0 atom stereocenters. The van der Waals surface area contributed by atoms with Crippen LogP contribution in [0.25, 0.3) is 0 Å². The average molecular weight is 271 g/mol. The first-order valence-corrected chi connectivity index (χ1v) is 6.81.